The van der Waals surface area contributed by atoms with E-state index in [0.29, 0.717) is 0 Å². The van der Waals surface area contributed by atoms with Gasteiger partial charge in [-0.25, -0.2) is 9.97 Å². The Morgan fingerprint density at radius 2 is 2.00 bits per heavy atom. The molecular weight excluding hydrogens is 282 g/mol. The summed E-state index contributed by atoms with van der Waals surface area (Å²) < 4.78 is 6.13. The molecule has 0 aliphatic carbocycles. The van der Waals surface area contributed by atoms with Crippen LogP contribution in [-0.4, -0.2) is 17.1 Å². The molecule has 1 heterocycles. The lowest BCUT2D eigenvalue weighted by molar-refractivity contribution is 0.414. The van der Waals surface area contributed by atoms with Crippen LogP contribution in [0.25, 0.3) is 0 Å². The van der Waals surface area contributed by atoms with E-state index >= 15 is 0 Å². The molecule has 0 radical (unpaired) electrons. The van der Waals surface area contributed by atoms with Crippen LogP contribution in [-0.2, 0) is 0 Å². The Labute approximate surface area is 108 Å². The number of ether oxygens (including phenoxy) is 1. The molecular formula is C12H12BrN3O. The predicted octanol–water partition coefficient (Wildman–Crippen LogP) is 2.30. The van der Waals surface area contributed by atoms with Crippen molar-refractivity contribution in [1.29, 1.82) is 0 Å². The molecule has 88 valence electrons. The zero-order valence-corrected chi connectivity index (χ0v) is 10.9. The second-order valence-corrected chi connectivity index (χ2v) is 4.39. The maximum Gasteiger partial charge on any atom is 0.119 e. The van der Waals surface area contributed by atoms with Crippen LogP contribution in [0.5, 0.6) is 5.75 Å². The van der Waals surface area contributed by atoms with Crippen molar-refractivity contribution in [1.82, 2.24) is 9.97 Å². The lowest BCUT2D eigenvalue weighted by Crippen LogP contribution is -2.13. The molecule has 0 amide bonds. The SMILES string of the molecule is COc1ccc(Br)c(C(N)c2cncnc2)c1. The highest BCUT2D eigenvalue weighted by molar-refractivity contribution is 9.10. The maximum absolute atomic E-state index is 6.18. The van der Waals surface area contributed by atoms with Crippen LogP contribution in [0.4, 0.5) is 0 Å². The average Bonchev–Trinajstić information content (AvgIpc) is 2.39. The standard InChI is InChI=1S/C12H12BrN3O/c1-17-9-2-3-11(13)10(4-9)12(14)8-5-15-7-16-6-8/h2-7,12H,14H2,1H3. The van der Waals surface area contributed by atoms with Crippen molar-refractivity contribution in [2.45, 2.75) is 6.04 Å². The Balaban J connectivity index is 2.40. The van der Waals surface area contributed by atoms with E-state index < -0.39 is 0 Å². The topological polar surface area (TPSA) is 61.0 Å². The lowest BCUT2D eigenvalue weighted by Gasteiger charge is -2.14. The number of benzene rings is 1. The monoisotopic (exact) mass is 293 g/mol. The molecule has 1 atom stereocenters. The summed E-state index contributed by atoms with van der Waals surface area (Å²) >= 11 is 3.48. The van der Waals surface area contributed by atoms with Gasteiger partial charge in [0.05, 0.1) is 13.2 Å². The first-order valence-electron chi connectivity index (χ1n) is 5.06. The molecule has 1 unspecified atom stereocenters. The molecule has 2 rings (SSSR count). The molecule has 4 nitrogen and oxygen atoms in total. The summed E-state index contributed by atoms with van der Waals surface area (Å²) in [5.74, 6) is 0.774. The summed E-state index contributed by atoms with van der Waals surface area (Å²) in [5, 5.41) is 0. The van der Waals surface area contributed by atoms with Crippen LogP contribution in [0, 0.1) is 0 Å². The fraction of sp³-hybridized carbons (Fsp3) is 0.167. The van der Waals surface area contributed by atoms with Crippen LogP contribution in [0.1, 0.15) is 17.2 Å². The van der Waals surface area contributed by atoms with Crippen molar-refractivity contribution in [2.75, 3.05) is 7.11 Å². The van der Waals surface area contributed by atoms with Crippen molar-refractivity contribution in [2.24, 2.45) is 5.73 Å². The number of nitrogens with zero attached hydrogens (tertiary/aromatic N) is 2. The fourth-order valence-electron chi connectivity index (χ4n) is 1.54. The van der Waals surface area contributed by atoms with Gasteiger partial charge < -0.3 is 10.5 Å². The number of hydrogen-bond acceptors (Lipinski definition) is 4. The van der Waals surface area contributed by atoms with Gasteiger partial charge in [0.15, 0.2) is 0 Å². The van der Waals surface area contributed by atoms with Crippen molar-refractivity contribution in [3.8, 4) is 5.75 Å². The first-order chi connectivity index (χ1) is 8.22. The Morgan fingerprint density at radius 3 is 2.65 bits per heavy atom. The zero-order chi connectivity index (χ0) is 12.3. The van der Waals surface area contributed by atoms with E-state index in [2.05, 4.69) is 25.9 Å². The molecule has 1 aromatic heterocycles. The van der Waals surface area contributed by atoms with Crippen molar-refractivity contribution in [3.05, 3.63) is 52.5 Å². The smallest absolute Gasteiger partial charge is 0.119 e. The molecule has 0 bridgehead atoms. The molecule has 17 heavy (non-hydrogen) atoms. The number of methoxy groups -OCH3 is 1. The largest absolute Gasteiger partial charge is 0.497 e. The zero-order valence-electron chi connectivity index (χ0n) is 9.30. The summed E-state index contributed by atoms with van der Waals surface area (Å²) in [6.45, 7) is 0. The number of rotatable bonds is 3. The maximum atomic E-state index is 6.18. The summed E-state index contributed by atoms with van der Waals surface area (Å²) in [4.78, 5) is 7.93. The van der Waals surface area contributed by atoms with E-state index in [1.54, 1.807) is 19.5 Å². The van der Waals surface area contributed by atoms with Gasteiger partial charge in [0, 0.05) is 22.4 Å². The summed E-state index contributed by atoms with van der Waals surface area (Å²) in [7, 11) is 1.63. The minimum Gasteiger partial charge on any atom is -0.497 e. The van der Waals surface area contributed by atoms with Crippen molar-refractivity contribution in [3.63, 3.8) is 0 Å². The van der Waals surface area contributed by atoms with Crippen LogP contribution >= 0.6 is 15.9 Å². The Kier molecular flexibility index (Phi) is 3.71. The second kappa shape index (κ2) is 5.25. The number of aromatic nitrogens is 2. The minimum absolute atomic E-state index is 0.277. The molecule has 0 spiro atoms. The van der Waals surface area contributed by atoms with Gasteiger partial charge in [0.1, 0.15) is 12.1 Å². The molecule has 0 saturated carbocycles. The van der Waals surface area contributed by atoms with Gasteiger partial charge in [-0.1, -0.05) is 15.9 Å². The Bertz CT molecular complexity index is 504. The molecule has 0 aliphatic rings. The first kappa shape index (κ1) is 12.0. The highest BCUT2D eigenvalue weighted by Crippen LogP contribution is 2.29. The normalized spacial score (nSPS) is 12.2. The van der Waals surface area contributed by atoms with Crippen LogP contribution in [0.3, 0.4) is 0 Å². The third-order valence-electron chi connectivity index (χ3n) is 2.48. The van der Waals surface area contributed by atoms with Gasteiger partial charge in [0.25, 0.3) is 0 Å². The highest BCUT2D eigenvalue weighted by Gasteiger charge is 2.13. The van der Waals surface area contributed by atoms with E-state index in [0.717, 1.165) is 21.3 Å². The Hall–Kier alpha value is -1.46. The van der Waals surface area contributed by atoms with Crippen LogP contribution in [0.2, 0.25) is 0 Å². The molecule has 2 aromatic rings. The fourth-order valence-corrected chi connectivity index (χ4v) is 2.03. The third kappa shape index (κ3) is 2.62. The quantitative estimate of drug-likeness (QED) is 0.943. The lowest BCUT2D eigenvalue weighted by atomic mass is 10.0. The van der Waals surface area contributed by atoms with Gasteiger partial charge in [-0.15, -0.1) is 0 Å². The molecule has 0 saturated heterocycles. The van der Waals surface area contributed by atoms with Crippen LogP contribution < -0.4 is 10.5 Å². The van der Waals surface area contributed by atoms with Gasteiger partial charge >= 0.3 is 0 Å². The van der Waals surface area contributed by atoms with Gasteiger partial charge in [0.2, 0.25) is 0 Å². The number of nitrogens with two attached hydrogens (primary N) is 1. The Morgan fingerprint density at radius 1 is 1.29 bits per heavy atom. The average molecular weight is 294 g/mol. The van der Waals surface area contributed by atoms with Crippen molar-refractivity contribution < 1.29 is 4.74 Å². The number of hydrogen-bond donors (Lipinski definition) is 1. The molecule has 0 fully saturated rings. The molecule has 0 aliphatic heterocycles. The third-order valence-corrected chi connectivity index (χ3v) is 3.20. The van der Waals surface area contributed by atoms with E-state index in [9.17, 15) is 0 Å². The van der Waals surface area contributed by atoms with E-state index in [4.69, 9.17) is 10.5 Å². The summed E-state index contributed by atoms with van der Waals surface area (Å²) in [6.07, 6.45) is 4.91. The van der Waals surface area contributed by atoms with Crippen molar-refractivity contribution >= 4 is 15.9 Å². The van der Waals surface area contributed by atoms with E-state index in [1.165, 1.54) is 6.33 Å². The summed E-state index contributed by atoms with van der Waals surface area (Å²) in [5.41, 5.74) is 7.98. The second-order valence-electron chi connectivity index (χ2n) is 3.54. The molecule has 1 aromatic carbocycles. The van der Waals surface area contributed by atoms with E-state index in [-0.39, 0.29) is 6.04 Å². The first-order valence-corrected chi connectivity index (χ1v) is 5.85. The highest BCUT2D eigenvalue weighted by atomic mass is 79.9. The van der Waals surface area contributed by atoms with Crippen LogP contribution in [0.15, 0.2) is 41.4 Å². The minimum atomic E-state index is -0.277. The van der Waals surface area contributed by atoms with Gasteiger partial charge in [-0.3, -0.25) is 0 Å². The predicted molar refractivity (Wildman–Crippen MR) is 68.8 cm³/mol. The van der Waals surface area contributed by atoms with E-state index in [1.807, 2.05) is 18.2 Å². The summed E-state index contributed by atoms with van der Waals surface area (Å²) in [6, 6.07) is 5.42. The molecule has 5 heteroatoms. The van der Waals surface area contributed by atoms with Gasteiger partial charge in [-0.05, 0) is 23.8 Å². The number of halogens is 1. The van der Waals surface area contributed by atoms with Gasteiger partial charge in [-0.2, -0.15) is 0 Å². The molecule has 2 N–H and O–H groups in total.